The van der Waals surface area contributed by atoms with Crippen LogP contribution in [-0.2, 0) is 0 Å². The van der Waals surface area contributed by atoms with Gasteiger partial charge in [0.1, 0.15) is 5.82 Å². The second-order valence-corrected chi connectivity index (χ2v) is 6.45. The summed E-state index contributed by atoms with van der Waals surface area (Å²) in [6, 6.07) is 20.5. The van der Waals surface area contributed by atoms with E-state index in [0.717, 1.165) is 38.9 Å². The molecule has 0 atom stereocenters. The number of hydrogen-bond donors (Lipinski definition) is 1. The summed E-state index contributed by atoms with van der Waals surface area (Å²) < 4.78 is 13.5. The van der Waals surface area contributed by atoms with Crippen LogP contribution in [0.3, 0.4) is 0 Å². The highest BCUT2D eigenvalue weighted by molar-refractivity contribution is 6.05. The Balaban J connectivity index is 1.93. The Hall–Kier alpha value is -3.86. The van der Waals surface area contributed by atoms with Crippen molar-refractivity contribution < 1.29 is 4.39 Å². The van der Waals surface area contributed by atoms with Crippen LogP contribution in [0.5, 0.6) is 0 Å². The molecule has 0 spiro atoms. The number of halogens is 1. The van der Waals surface area contributed by atoms with E-state index in [2.05, 4.69) is 27.3 Å². The summed E-state index contributed by atoms with van der Waals surface area (Å²) in [6.07, 6.45) is 5.32. The minimum Gasteiger partial charge on any atom is -0.265 e. The van der Waals surface area contributed by atoms with Gasteiger partial charge in [0.15, 0.2) is 5.65 Å². The molecule has 0 fully saturated rings. The SMILES string of the molecule is Fc1ccc(-c2nc3[nH]ncc3c(-c3ccccc3)c2-c2ccncc2)cc1. The molecule has 0 bridgehead atoms. The summed E-state index contributed by atoms with van der Waals surface area (Å²) in [5, 5.41) is 8.13. The molecule has 0 unspecified atom stereocenters. The Kier molecular flexibility index (Phi) is 3.91. The van der Waals surface area contributed by atoms with Crippen LogP contribution in [0.2, 0.25) is 0 Å². The quantitative estimate of drug-likeness (QED) is 0.459. The summed E-state index contributed by atoms with van der Waals surface area (Å²) in [5.74, 6) is -0.278. The molecule has 5 rings (SSSR count). The normalized spacial score (nSPS) is 11.0. The topological polar surface area (TPSA) is 54.5 Å². The molecule has 0 saturated carbocycles. The lowest BCUT2D eigenvalue weighted by Crippen LogP contribution is -1.96. The number of aromatic amines is 1. The number of fused-ring (bicyclic) bond motifs is 1. The summed E-state index contributed by atoms with van der Waals surface area (Å²) in [5.41, 5.74) is 6.34. The number of H-pyrrole nitrogens is 1. The molecule has 5 aromatic rings. The lowest BCUT2D eigenvalue weighted by molar-refractivity contribution is 0.628. The first-order valence-electron chi connectivity index (χ1n) is 8.90. The van der Waals surface area contributed by atoms with Crippen molar-refractivity contribution in [3.8, 4) is 33.5 Å². The molecule has 0 radical (unpaired) electrons. The molecule has 0 saturated heterocycles. The number of hydrogen-bond acceptors (Lipinski definition) is 3. The van der Waals surface area contributed by atoms with Gasteiger partial charge in [-0.25, -0.2) is 9.37 Å². The van der Waals surface area contributed by atoms with E-state index in [1.807, 2.05) is 30.3 Å². The third kappa shape index (κ3) is 2.74. The summed E-state index contributed by atoms with van der Waals surface area (Å²) in [4.78, 5) is 8.99. The molecule has 0 amide bonds. The van der Waals surface area contributed by atoms with Crippen molar-refractivity contribution in [1.82, 2.24) is 20.2 Å². The van der Waals surface area contributed by atoms with Crippen molar-refractivity contribution in [1.29, 1.82) is 0 Å². The first kappa shape index (κ1) is 16.3. The summed E-state index contributed by atoms with van der Waals surface area (Å²) in [7, 11) is 0. The molecule has 28 heavy (non-hydrogen) atoms. The van der Waals surface area contributed by atoms with E-state index in [9.17, 15) is 4.39 Å². The molecule has 0 aliphatic rings. The lowest BCUT2D eigenvalue weighted by Gasteiger charge is -2.16. The molecule has 4 nitrogen and oxygen atoms in total. The van der Waals surface area contributed by atoms with E-state index in [0.29, 0.717) is 5.65 Å². The Morgan fingerprint density at radius 1 is 0.714 bits per heavy atom. The zero-order chi connectivity index (χ0) is 18.9. The average molecular weight is 366 g/mol. The minimum absolute atomic E-state index is 0.278. The smallest absolute Gasteiger partial charge is 0.156 e. The van der Waals surface area contributed by atoms with Gasteiger partial charge in [0.05, 0.1) is 11.9 Å². The van der Waals surface area contributed by atoms with Gasteiger partial charge in [0.25, 0.3) is 0 Å². The zero-order valence-corrected chi connectivity index (χ0v) is 14.8. The first-order valence-corrected chi connectivity index (χ1v) is 8.90. The third-order valence-corrected chi connectivity index (χ3v) is 4.75. The number of benzene rings is 2. The van der Waals surface area contributed by atoms with Crippen molar-refractivity contribution in [2.24, 2.45) is 0 Å². The third-order valence-electron chi connectivity index (χ3n) is 4.75. The molecular formula is C23H15FN4. The molecule has 1 N–H and O–H groups in total. The molecule has 2 aromatic carbocycles. The summed E-state index contributed by atoms with van der Waals surface area (Å²) in [6.45, 7) is 0. The zero-order valence-electron chi connectivity index (χ0n) is 14.8. The number of nitrogens with one attached hydrogen (secondary N) is 1. The predicted octanol–water partition coefficient (Wildman–Crippen LogP) is 5.49. The first-order chi connectivity index (χ1) is 13.8. The van der Waals surface area contributed by atoms with Crippen molar-refractivity contribution in [3.05, 3.63) is 91.1 Å². The molecular weight excluding hydrogens is 351 g/mol. The fourth-order valence-corrected chi connectivity index (χ4v) is 3.49. The van der Waals surface area contributed by atoms with Crippen molar-refractivity contribution in [3.63, 3.8) is 0 Å². The fourth-order valence-electron chi connectivity index (χ4n) is 3.49. The average Bonchev–Trinajstić information content (AvgIpc) is 3.22. The Labute approximate surface area is 160 Å². The second kappa shape index (κ2) is 6.70. The Morgan fingerprint density at radius 2 is 1.43 bits per heavy atom. The van der Waals surface area contributed by atoms with E-state index in [1.165, 1.54) is 12.1 Å². The molecule has 134 valence electrons. The molecule has 5 heteroatoms. The van der Waals surface area contributed by atoms with Gasteiger partial charge in [-0.1, -0.05) is 30.3 Å². The highest BCUT2D eigenvalue weighted by Crippen LogP contribution is 2.42. The van der Waals surface area contributed by atoms with Gasteiger partial charge in [-0.2, -0.15) is 5.10 Å². The van der Waals surface area contributed by atoms with Crippen LogP contribution in [0, 0.1) is 5.82 Å². The van der Waals surface area contributed by atoms with Crippen LogP contribution in [0.1, 0.15) is 0 Å². The van der Waals surface area contributed by atoms with Crippen LogP contribution in [0.4, 0.5) is 4.39 Å². The predicted molar refractivity (Wildman–Crippen MR) is 108 cm³/mol. The van der Waals surface area contributed by atoms with E-state index < -0.39 is 0 Å². The van der Waals surface area contributed by atoms with Gasteiger partial charge in [0, 0.05) is 34.5 Å². The molecule has 0 aliphatic carbocycles. The van der Waals surface area contributed by atoms with Crippen LogP contribution >= 0.6 is 0 Å². The lowest BCUT2D eigenvalue weighted by atomic mass is 9.90. The Morgan fingerprint density at radius 3 is 2.18 bits per heavy atom. The molecule has 3 heterocycles. The monoisotopic (exact) mass is 366 g/mol. The van der Waals surface area contributed by atoms with Crippen LogP contribution in [-0.4, -0.2) is 20.2 Å². The summed E-state index contributed by atoms with van der Waals surface area (Å²) >= 11 is 0. The fraction of sp³-hybridized carbons (Fsp3) is 0. The second-order valence-electron chi connectivity index (χ2n) is 6.45. The van der Waals surface area contributed by atoms with Gasteiger partial charge < -0.3 is 0 Å². The maximum atomic E-state index is 13.5. The van der Waals surface area contributed by atoms with E-state index in [-0.39, 0.29) is 5.82 Å². The molecule has 3 aromatic heterocycles. The number of nitrogens with zero attached hydrogens (tertiary/aromatic N) is 3. The number of rotatable bonds is 3. The number of pyridine rings is 2. The maximum Gasteiger partial charge on any atom is 0.156 e. The van der Waals surface area contributed by atoms with Crippen molar-refractivity contribution in [2.75, 3.05) is 0 Å². The van der Waals surface area contributed by atoms with Gasteiger partial charge in [-0.3, -0.25) is 10.1 Å². The van der Waals surface area contributed by atoms with Gasteiger partial charge in [0.2, 0.25) is 0 Å². The maximum absolute atomic E-state index is 13.5. The number of aromatic nitrogens is 4. The standard InChI is InChI=1S/C23H15FN4/c24-18-8-6-17(7-9-18)22-21(16-10-12-25-13-11-16)20(15-4-2-1-3-5-15)19-14-26-28-23(19)27-22/h1-14H,(H,26,27,28). The minimum atomic E-state index is -0.278. The van der Waals surface area contributed by atoms with Gasteiger partial charge in [-0.15, -0.1) is 0 Å². The highest BCUT2D eigenvalue weighted by atomic mass is 19.1. The van der Waals surface area contributed by atoms with Crippen molar-refractivity contribution in [2.45, 2.75) is 0 Å². The van der Waals surface area contributed by atoms with Crippen LogP contribution < -0.4 is 0 Å². The van der Waals surface area contributed by atoms with E-state index in [4.69, 9.17) is 4.98 Å². The largest absolute Gasteiger partial charge is 0.265 e. The van der Waals surface area contributed by atoms with Crippen molar-refractivity contribution >= 4 is 11.0 Å². The highest BCUT2D eigenvalue weighted by Gasteiger charge is 2.20. The Bertz CT molecular complexity index is 1250. The van der Waals surface area contributed by atoms with Crippen LogP contribution in [0.15, 0.2) is 85.3 Å². The van der Waals surface area contributed by atoms with Gasteiger partial charge in [-0.05, 0) is 47.5 Å². The van der Waals surface area contributed by atoms with Gasteiger partial charge >= 0.3 is 0 Å². The molecule has 0 aliphatic heterocycles. The van der Waals surface area contributed by atoms with E-state index >= 15 is 0 Å². The van der Waals surface area contributed by atoms with Crippen LogP contribution in [0.25, 0.3) is 44.5 Å². The van der Waals surface area contributed by atoms with E-state index in [1.54, 1.807) is 30.7 Å².